The van der Waals surface area contributed by atoms with Gasteiger partial charge < -0.3 is 14.8 Å². The van der Waals surface area contributed by atoms with Crippen molar-refractivity contribution in [1.29, 1.82) is 0 Å². The molecule has 0 radical (unpaired) electrons. The predicted molar refractivity (Wildman–Crippen MR) is 86.1 cm³/mol. The van der Waals surface area contributed by atoms with Crippen LogP contribution in [0.3, 0.4) is 0 Å². The molecule has 22 heavy (non-hydrogen) atoms. The summed E-state index contributed by atoms with van der Waals surface area (Å²) in [6.07, 6.45) is -0.609. The summed E-state index contributed by atoms with van der Waals surface area (Å²) >= 11 is 0. The molecular weight excluding hydrogens is 278 g/mol. The third kappa shape index (κ3) is 4.01. The monoisotopic (exact) mass is 299 g/mol. The molecule has 0 aliphatic heterocycles. The van der Waals surface area contributed by atoms with E-state index in [1.165, 1.54) is 0 Å². The molecule has 0 aromatic heterocycles. The summed E-state index contributed by atoms with van der Waals surface area (Å²) < 4.78 is 10.9. The Kier molecular flexibility index (Phi) is 5.42. The number of carbonyl (C=O) groups is 1. The summed E-state index contributed by atoms with van der Waals surface area (Å²) in [6, 6.07) is 17.0. The van der Waals surface area contributed by atoms with Crippen LogP contribution >= 0.6 is 0 Å². The van der Waals surface area contributed by atoms with Gasteiger partial charge in [-0.2, -0.15) is 0 Å². The number of ether oxygens (including phenoxy) is 2. The van der Waals surface area contributed by atoms with E-state index in [4.69, 9.17) is 9.47 Å². The van der Waals surface area contributed by atoms with E-state index in [9.17, 15) is 4.79 Å². The van der Waals surface area contributed by atoms with Gasteiger partial charge in [-0.05, 0) is 31.5 Å². The fourth-order valence-electron chi connectivity index (χ4n) is 2.12. The molecule has 0 saturated carbocycles. The second kappa shape index (κ2) is 7.50. The average molecular weight is 299 g/mol. The summed E-state index contributed by atoms with van der Waals surface area (Å²) in [7, 11) is 1.57. The Morgan fingerprint density at radius 1 is 0.955 bits per heavy atom. The zero-order chi connectivity index (χ0) is 15.9. The first-order chi connectivity index (χ1) is 10.6. The molecular formula is C18H21NO3. The van der Waals surface area contributed by atoms with Gasteiger partial charge in [0.05, 0.1) is 13.2 Å². The Labute approximate surface area is 131 Å². The lowest BCUT2D eigenvalue weighted by Gasteiger charge is -2.20. The van der Waals surface area contributed by atoms with Crippen molar-refractivity contribution in [2.24, 2.45) is 0 Å². The SMILES string of the molecule is COc1ccccc1O[C@@H](C)C(=O)N[C@@H](C)c1ccccc1. The summed E-state index contributed by atoms with van der Waals surface area (Å²) in [4.78, 5) is 12.3. The van der Waals surface area contributed by atoms with E-state index >= 15 is 0 Å². The fraction of sp³-hybridized carbons (Fsp3) is 0.278. The molecule has 0 spiro atoms. The van der Waals surface area contributed by atoms with Crippen LogP contribution in [0.1, 0.15) is 25.5 Å². The van der Waals surface area contributed by atoms with Crippen molar-refractivity contribution in [1.82, 2.24) is 5.32 Å². The number of carbonyl (C=O) groups excluding carboxylic acids is 1. The molecule has 0 unspecified atom stereocenters. The van der Waals surface area contributed by atoms with E-state index < -0.39 is 6.10 Å². The van der Waals surface area contributed by atoms with Crippen molar-refractivity contribution in [3.63, 3.8) is 0 Å². The molecule has 0 fully saturated rings. The maximum Gasteiger partial charge on any atom is 0.261 e. The molecule has 116 valence electrons. The van der Waals surface area contributed by atoms with E-state index in [0.29, 0.717) is 11.5 Å². The zero-order valence-electron chi connectivity index (χ0n) is 13.1. The van der Waals surface area contributed by atoms with Gasteiger partial charge in [0, 0.05) is 0 Å². The third-order valence-electron chi connectivity index (χ3n) is 3.40. The minimum atomic E-state index is -0.609. The lowest BCUT2D eigenvalue weighted by atomic mass is 10.1. The number of amides is 1. The van der Waals surface area contributed by atoms with E-state index in [1.807, 2.05) is 49.4 Å². The van der Waals surface area contributed by atoms with Gasteiger partial charge in [-0.3, -0.25) is 4.79 Å². The standard InChI is InChI=1S/C18H21NO3/c1-13(15-9-5-4-6-10-15)19-18(20)14(2)22-17-12-8-7-11-16(17)21-3/h4-14H,1-3H3,(H,19,20)/t13-,14-/m0/s1. The highest BCUT2D eigenvalue weighted by Gasteiger charge is 2.18. The number of para-hydroxylation sites is 2. The van der Waals surface area contributed by atoms with Gasteiger partial charge in [0.15, 0.2) is 17.6 Å². The lowest BCUT2D eigenvalue weighted by molar-refractivity contribution is -0.127. The second-order valence-corrected chi connectivity index (χ2v) is 5.05. The highest BCUT2D eigenvalue weighted by Crippen LogP contribution is 2.26. The quantitative estimate of drug-likeness (QED) is 0.890. The lowest BCUT2D eigenvalue weighted by Crippen LogP contribution is -2.37. The molecule has 0 aliphatic carbocycles. The van der Waals surface area contributed by atoms with Crippen LogP contribution in [-0.2, 0) is 4.79 Å². The molecule has 1 amide bonds. The first-order valence-corrected chi connectivity index (χ1v) is 7.27. The first kappa shape index (κ1) is 15.9. The minimum absolute atomic E-state index is 0.0718. The van der Waals surface area contributed by atoms with Crippen LogP contribution in [0, 0.1) is 0 Å². The molecule has 2 atom stereocenters. The van der Waals surface area contributed by atoms with E-state index in [-0.39, 0.29) is 11.9 Å². The van der Waals surface area contributed by atoms with Crippen molar-refractivity contribution in [3.05, 3.63) is 60.2 Å². The van der Waals surface area contributed by atoms with E-state index in [0.717, 1.165) is 5.56 Å². The molecule has 0 heterocycles. The first-order valence-electron chi connectivity index (χ1n) is 7.27. The largest absolute Gasteiger partial charge is 0.493 e. The van der Waals surface area contributed by atoms with Crippen molar-refractivity contribution in [2.75, 3.05) is 7.11 Å². The molecule has 0 bridgehead atoms. The van der Waals surface area contributed by atoms with Crippen molar-refractivity contribution in [3.8, 4) is 11.5 Å². The summed E-state index contributed by atoms with van der Waals surface area (Å²) in [5.74, 6) is 1.00. The smallest absolute Gasteiger partial charge is 0.261 e. The van der Waals surface area contributed by atoms with Gasteiger partial charge in [-0.1, -0.05) is 42.5 Å². The summed E-state index contributed by atoms with van der Waals surface area (Å²) in [5, 5.41) is 2.95. The van der Waals surface area contributed by atoms with Crippen LogP contribution in [0.25, 0.3) is 0 Å². The maximum atomic E-state index is 12.3. The van der Waals surface area contributed by atoms with Crippen molar-refractivity contribution in [2.45, 2.75) is 26.0 Å². The van der Waals surface area contributed by atoms with Crippen LogP contribution in [0.2, 0.25) is 0 Å². The highest BCUT2D eigenvalue weighted by molar-refractivity contribution is 5.81. The Hall–Kier alpha value is -2.49. The van der Waals surface area contributed by atoms with Gasteiger partial charge in [-0.15, -0.1) is 0 Å². The number of rotatable bonds is 6. The Bertz CT molecular complexity index is 613. The van der Waals surface area contributed by atoms with Gasteiger partial charge in [0.1, 0.15) is 0 Å². The van der Waals surface area contributed by atoms with Crippen LogP contribution in [0.15, 0.2) is 54.6 Å². The predicted octanol–water partition coefficient (Wildman–Crippen LogP) is 3.34. The molecule has 2 aromatic carbocycles. The topological polar surface area (TPSA) is 47.6 Å². The number of hydrogen-bond acceptors (Lipinski definition) is 3. The normalized spacial score (nSPS) is 13.0. The van der Waals surface area contributed by atoms with Crippen molar-refractivity contribution < 1.29 is 14.3 Å². The van der Waals surface area contributed by atoms with Gasteiger partial charge in [-0.25, -0.2) is 0 Å². The number of benzene rings is 2. The zero-order valence-corrected chi connectivity index (χ0v) is 13.1. The summed E-state index contributed by atoms with van der Waals surface area (Å²) in [5.41, 5.74) is 1.06. The average Bonchev–Trinajstić information content (AvgIpc) is 2.56. The summed E-state index contributed by atoms with van der Waals surface area (Å²) in [6.45, 7) is 3.67. The maximum absolute atomic E-state index is 12.3. The Balaban J connectivity index is 1.97. The van der Waals surface area contributed by atoms with Gasteiger partial charge in [0.25, 0.3) is 5.91 Å². The minimum Gasteiger partial charge on any atom is -0.493 e. The molecule has 4 heteroatoms. The second-order valence-electron chi connectivity index (χ2n) is 5.05. The fourth-order valence-corrected chi connectivity index (χ4v) is 2.12. The van der Waals surface area contributed by atoms with Crippen molar-refractivity contribution >= 4 is 5.91 Å². The van der Waals surface area contributed by atoms with Gasteiger partial charge >= 0.3 is 0 Å². The highest BCUT2D eigenvalue weighted by atomic mass is 16.5. The number of methoxy groups -OCH3 is 1. The van der Waals surface area contributed by atoms with Gasteiger partial charge in [0.2, 0.25) is 0 Å². The molecule has 1 N–H and O–H groups in total. The third-order valence-corrected chi connectivity index (χ3v) is 3.40. The van der Waals surface area contributed by atoms with Crippen LogP contribution in [-0.4, -0.2) is 19.1 Å². The van der Waals surface area contributed by atoms with E-state index in [1.54, 1.807) is 26.2 Å². The molecule has 4 nitrogen and oxygen atoms in total. The van der Waals surface area contributed by atoms with Crippen LogP contribution in [0.4, 0.5) is 0 Å². The van der Waals surface area contributed by atoms with Crippen LogP contribution < -0.4 is 14.8 Å². The van der Waals surface area contributed by atoms with Crippen LogP contribution in [0.5, 0.6) is 11.5 Å². The molecule has 0 saturated heterocycles. The molecule has 2 aromatic rings. The Morgan fingerprint density at radius 3 is 2.18 bits per heavy atom. The number of nitrogens with one attached hydrogen (secondary N) is 1. The molecule has 2 rings (SSSR count). The Morgan fingerprint density at radius 2 is 1.55 bits per heavy atom. The molecule has 0 aliphatic rings. The van der Waals surface area contributed by atoms with E-state index in [2.05, 4.69) is 5.32 Å². The number of hydrogen-bond donors (Lipinski definition) is 1.